The van der Waals surface area contributed by atoms with Crippen LogP contribution in [-0.2, 0) is 4.74 Å². The highest BCUT2D eigenvalue weighted by atomic mass is 79.9. The lowest BCUT2D eigenvalue weighted by atomic mass is 10.2. The molecule has 0 saturated carbocycles. The second-order valence-electron chi connectivity index (χ2n) is 4.58. The van der Waals surface area contributed by atoms with Crippen molar-refractivity contribution in [2.24, 2.45) is 0 Å². The molecule has 0 saturated heterocycles. The zero-order valence-electron chi connectivity index (χ0n) is 12.1. The number of furan rings is 1. The average molecular weight is 394 g/mol. The molecule has 5 nitrogen and oxygen atoms in total. The molecule has 0 radical (unpaired) electrons. The van der Waals surface area contributed by atoms with Gasteiger partial charge in [0.15, 0.2) is 0 Å². The Morgan fingerprint density at radius 1 is 1.26 bits per heavy atom. The smallest absolute Gasteiger partial charge is 0.376 e. The minimum absolute atomic E-state index is 0.00276. The summed E-state index contributed by atoms with van der Waals surface area (Å²) in [5.41, 5.74) is 0.840. The van der Waals surface area contributed by atoms with Crippen LogP contribution in [0.4, 0.5) is 5.69 Å². The van der Waals surface area contributed by atoms with E-state index in [4.69, 9.17) is 9.15 Å². The highest BCUT2D eigenvalue weighted by Crippen LogP contribution is 2.32. The fourth-order valence-electron chi connectivity index (χ4n) is 2.12. The summed E-state index contributed by atoms with van der Waals surface area (Å²) in [5.74, 6) is -0.916. The van der Waals surface area contributed by atoms with Crippen molar-refractivity contribution in [2.45, 2.75) is 6.92 Å². The number of carbonyl (C=O) groups is 2. The predicted molar refractivity (Wildman–Crippen MR) is 92.1 cm³/mol. The van der Waals surface area contributed by atoms with E-state index in [2.05, 4.69) is 21.2 Å². The van der Waals surface area contributed by atoms with E-state index in [0.717, 1.165) is 3.79 Å². The van der Waals surface area contributed by atoms with E-state index in [0.29, 0.717) is 21.5 Å². The van der Waals surface area contributed by atoms with Gasteiger partial charge in [0.1, 0.15) is 11.3 Å². The molecule has 0 bridgehead atoms. The Hall–Kier alpha value is -2.12. The Morgan fingerprint density at radius 3 is 2.74 bits per heavy atom. The third kappa shape index (κ3) is 3.16. The zero-order chi connectivity index (χ0) is 16.4. The van der Waals surface area contributed by atoms with Crippen LogP contribution in [0.25, 0.3) is 11.0 Å². The summed E-state index contributed by atoms with van der Waals surface area (Å²) in [7, 11) is 0. The number of esters is 1. The molecular weight excluding hydrogens is 382 g/mol. The number of para-hydroxylation sites is 1. The first-order valence-corrected chi connectivity index (χ1v) is 8.46. The number of anilines is 1. The summed E-state index contributed by atoms with van der Waals surface area (Å²) >= 11 is 4.63. The fraction of sp³-hybridized carbons (Fsp3) is 0.125. The second-order valence-corrected chi connectivity index (χ2v) is 7.04. The molecule has 1 N–H and O–H groups in total. The molecule has 0 unspecified atom stereocenters. The predicted octanol–water partition coefficient (Wildman–Crippen LogP) is 4.69. The summed E-state index contributed by atoms with van der Waals surface area (Å²) in [4.78, 5) is 25.0. The normalized spacial score (nSPS) is 10.7. The maximum Gasteiger partial charge on any atom is 0.376 e. The number of hydrogen-bond acceptors (Lipinski definition) is 5. The number of ether oxygens (including phenoxy) is 1. The van der Waals surface area contributed by atoms with Crippen LogP contribution in [0.2, 0.25) is 0 Å². The minimum atomic E-state index is -0.605. The van der Waals surface area contributed by atoms with E-state index in [-0.39, 0.29) is 18.3 Å². The van der Waals surface area contributed by atoms with Crippen molar-refractivity contribution >= 4 is 55.8 Å². The molecule has 0 atom stereocenters. The Kier molecular flexibility index (Phi) is 4.49. The van der Waals surface area contributed by atoms with Crippen molar-refractivity contribution in [2.75, 3.05) is 11.9 Å². The van der Waals surface area contributed by atoms with Crippen molar-refractivity contribution in [1.29, 1.82) is 0 Å². The van der Waals surface area contributed by atoms with E-state index in [1.165, 1.54) is 11.3 Å². The summed E-state index contributed by atoms with van der Waals surface area (Å²) < 4.78 is 11.4. The van der Waals surface area contributed by atoms with Gasteiger partial charge < -0.3 is 14.5 Å². The lowest BCUT2D eigenvalue weighted by molar-refractivity contribution is 0.0494. The van der Waals surface area contributed by atoms with Gasteiger partial charge in [0.25, 0.3) is 5.91 Å². The van der Waals surface area contributed by atoms with Gasteiger partial charge in [0.05, 0.1) is 15.3 Å². The molecule has 0 aliphatic heterocycles. The van der Waals surface area contributed by atoms with Gasteiger partial charge >= 0.3 is 5.97 Å². The topological polar surface area (TPSA) is 68.5 Å². The van der Waals surface area contributed by atoms with Gasteiger partial charge in [-0.2, -0.15) is 0 Å². The van der Waals surface area contributed by atoms with Crippen LogP contribution in [-0.4, -0.2) is 18.5 Å². The third-order valence-electron chi connectivity index (χ3n) is 3.09. The molecule has 0 aliphatic rings. The Morgan fingerprint density at radius 2 is 2.04 bits per heavy atom. The number of carbonyl (C=O) groups excluding carboxylic acids is 2. The zero-order valence-corrected chi connectivity index (χ0v) is 14.5. The van der Waals surface area contributed by atoms with Gasteiger partial charge in [-0.05, 0) is 47.1 Å². The van der Waals surface area contributed by atoms with Crippen LogP contribution in [0.15, 0.2) is 44.6 Å². The lowest BCUT2D eigenvalue weighted by Crippen LogP contribution is -2.13. The molecule has 2 heterocycles. The molecule has 0 fully saturated rings. The van der Waals surface area contributed by atoms with Crippen molar-refractivity contribution in [3.63, 3.8) is 0 Å². The number of nitrogens with one attached hydrogen (secondary N) is 1. The number of rotatable bonds is 4. The molecule has 1 aromatic carbocycles. The number of amides is 1. The SMILES string of the molecule is CCOC(=O)c1oc2ccccc2c1NC(=O)c1ccc(Br)s1. The number of fused-ring (bicyclic) bond motifs is 1. The molecule has 7 heteroatoms. The van der Waals surface area contributed by atoms with Crippen LogP contribution in [0, 0.1) is 0 Å². The van der Waals surface area contributed by atoms with E-state index < -0.39 is 5.97 Å². The fourth-order valence-corrected chi connectivity index (χ4v) is 3.40. The standard InChI is InChI=1S/C16H12BrNO4S/c1-2-21-16(20)14-13(9-5-3-4-6-10(9)22-14)18-15(19)11-7-8-12(17)23-11/h3-8H,2H2,1H3,(H,18,19). The van der Waals surface area contributed by atoms with Crippen molar-refractivity contribution in [3.05, 3.63) is 50.8 Å². The van der Waals surface area contributed by atoms with E-state index in [1.807, 2.05) is 6.07 Å². The largest absolute Gasteiger partial charge is 0.460 e. The minimum Gasteiger partial charge on any atom is -0.460 e. The molecule has 3 aromatic rings. The van der Waals surface area contributed by atoms with E-state index in [1.54, 1.807) is 37.3 Å². The third-order valence-corrected chi connectivity index (χ3v) is 4.71. The molecule has 3 rings (SSSR count). The summed E-state index contributed by atoms with van der Waals surface area (Å²) in [6, 6.07) is 10.6. The number of halogens is 1. The van der Waals surface area contributed by atoms with Crippen molar-refractivity contribution < 1.29 is 18.7 Å². The lowest BCUT2D eigenvalue weighted by Gasteiger charge is -2.04. The van der Waals surface area contributed by atoms with Gasteiger partial charge in [-0.15, -0.1) is 11.3 Å². The van der Waals surface area contributed by atoms with E-state index in [9.17, 15) is 9.59 Å². The maximum absolute atomic E-state index is 12.4. The maximum atomic E-state index is 12.4. The van der Waals surface area contributed by atoms with Gasteiger partial charge in [-0.3, -0.25) is 4.79 Å². The van der Waals surface area contributed by atoms with Crippen LogP contribution < -0.4 is 5.32 Å². The van der Waals surface area contributed by atoms with Crippen molar-refractivity contribution in [1.82, 2.24) is 0 Å². The van der Waals surface area contributed by atoms with Gasteiger partial charge in [0.2, 0.25) is 5.76 Å². The van der Waals surface area contributed by atoms with Crippen LogP contribution in [0.5, 0.6) is 0 Å². The molecule has 2 aromatic heterocycles. The first-order chi connectivity index (χ1) is 11.1. The Balaban J connectivity index is 2.02. The van der Waals surface area contributed by atoms with Gasteiger partial charge in [-0.1, -0.05) is 12.1 Å². The summed E-state index contributed by atoms with van der Waals surface area (Å²) in [5, 5.41) is 3.41. The van der Waals surface area contributed by atoms with Crippen LogP contribution >= 0.6 is 27.3 Å². The first-order valence-electron chi connectivity index (χ1n) is 6.85. The number of hydrogen-bond donors (Lipinski definition) is 1. The van der Waals surface area contributed by atoms with Crippen molar-refractivity contribution in [3.8, 4) is 0 Å². The van der Waals surface area contributed by atoms with Crippen LogP contribution in [0.1, 0.15) is 27.2 Å². The molecular formula is C16H12BrNO4S. The second kappa shape index (κ2) is 6.55. The Bertz CT molecular complexity index is 883. The molecule has 1 amide bonds. The molecule has 23 heavy (non-hydrogen) atoms. The monoisotopic (exact) mass is 393 g/mol. The Labute approximate surface area is 144 Å². The quantitative estimate of drug-likeness (QED) is 0.652. The molecule has 0 spiro atoms. The highest BCUT2D eigenvalue weighted by molar-refractivity contribution is 9.11. The summed E-state index contributed by atoms with van der Waals surface area (Å²) in [6.07, 6.45) is 0. The number of benzene rings is 1. The summed E-state index contributed by atoms with van der Waals surface area (Å²) in [6.45, 7) is 1.93. The molecule has 0 aliphatic carbocycles. The van der Waals surface area contributed by atoms with Gasteiger partial charge in [0, 0.05) is 5.39 Å². The van der Waals surface area contributed by atoms with E-state index >= 15 is 0 Å². The highest BCUT2D eigenvalue weighted by Gasteiger charge is 2.23. The van der Waals surface area contributed by atoms with Gasteiger partial charge in [-0.25, -0.2) is 4.79 Å². The van der Waals surface area contributed by atoms with Crippen LogP contribution in [0.3, 0.4) is 0 Å². The number of thiophene rings is 1. The average Bonchev–Trinajstić information content (AvgIpc) is 3.12. The molecule has 118 valence electrons. The first kappa shape index (κ1) is 15.8.